The molecule has 0 fully saturated rings. The van der Waals surface area contributed by atoms with Crippen LogP contribution >= 0.6 is 0 Å². The van der Waals surface area contributed by atoms with E-state index in [4.69, 9.17) is 0 Å². The molecule has 6 heteroatoms. The number of nitrogens with one attached hydrogen (secondary N) is 1. The summed E-state index contributed by atoms with van der Waals surface area (Å²) in [6.07, 6.45) is 4.91. The van der Waals surface area contributed by atoms with Gasteiger partial charge >= 0.3 is 0 Å². The maximum Gasteiger partial charge on any atom is 0.272 e. The molecule has 0 unspecified atom stereocenters. The minimum atomic E-state index is -0.385. The summed E-state index contributed by atoms with van der Waals surface area (Å²) in [6, 6.07) is 4.94. The first-order chi connectivity index (χ1) is 8.66. The molecule has 0 aliphatic heterocycles. The molecular formula is C12H12N4O2. The topological polar surface area (TPSA) is 81.0 Å². The molecule has 1 aromatic heterocycles. The molecule has 0 atom stereocenters. The first-order valence-electron chi connectivity index (χ1n) is 5.39. The van der Waals surface area contributed by atoms with Gasteiger partial charge < -0.3 is 5.32 Å². The van der Waals surface area contributed by atoms with Gasteiger partial charge in [0.1, 0.15) is 6.33 Å². The number of anilines is 1. The number of nitrogens with zero attached hydrogens (tertiary/aromatic N) is 3. The Morgan fingerprint density at radius 1 is 1.33 bits per heavy atom. The van der Waals surface area contributed by atoms with E-state index in [0.717, 1.165) is 11.3 Å². The van der Waals surface area contributed by atoms with Crippen LogP contribution in [0.5, 0.6) is 0 Å². The third-order valence-electron chi connectivity index (χ3n) is 2.50. The Balaban J connectivity index is 2.07. The zero-order valence-corrected chi connectivity index (χ0v) is 9.83. The van der Waals surface area contributed by atoms with Crippen molar-refractivity contribution < 1.29 is 4.92 Å². The van der Waals surface area contributed by atoms with E-state index in [-0.39, 0.29) is 10.6 Å². The summed E-state index contributed by atoms with van der Waals surface area (Å²) in [4.78, 5) is 18.1. The largest absolute Gasteiger partial charge is 0.381 e. The Hall–Kier alpha value is -2.50. The smallest absolute Gasteiger partial charge is 0.272 e. The van der Waals surface area contributed by atoms with Crippen LogP contribution in [0.4, 0.5) is 11.4 Å². The molecule has 1 N–H and O–H groups in total. The zero-order valence-electron chi connectivity index (χ0n) is 9.83. The van der Waals surface area contributed by atoms with Gasteiger partial charge in [0.15, 0.2) is 0 Å². The summed E-state index contributed by atoms with van der Waals surface area (Å²) in [7, 11) is 0. The molecule has 0 bridgehead atoms. The second kappa shape index (κ2) is 5.22. The first kappa shape index (κ1) is 12.0. The van der Waals surface area contributed by atoms with Crippen molar-refractivity contribution in [1.29, 1.82) is 0 Å². The summed E-state index contributed by atoms with van der Waals surface area (Å²) < 4.78 is 0. The molecular weight excluding hydrogens is 232 g/mol. The van der Waals surface area contributed by atoms with Gasteiger partial charge in [0.05, 0.1) is 4.92 Å². The number of hydrogen-bond donors (Lipinski definition) is 1. The molecule has 6 nitrogen and oxygen atoms in total. The molecule has 0 spiro atoms. The van der Waals surface area contributed by atoms with Crippen molar-refractivity contribution >= 4 is 11.4 Å². The Bertz CT molecular complexity index is 557. The number of hydrogen-bond acceptors (Lipinski definition) is 5. The lowest BCUT2D eigenvalue weighted by Gasteiger charge is -2.06. The van der Waals surface area contributed by atoms with Crippen molar-refractivity contribution in [2.45, 2.75) is 13.5 Å². The summed E-state index contributed by atoms with van der Waals surface area (Å²) in [5, 5.41) is 13.8. The summed E-state index contributed by atoms with van der Waals surface area (Å²) >= 11 is 0. The van der Waals surface area contributed by atoms with Crippen LogP contribution in [-0.4, -0.2) is 14.9 Å². The van der Waals surface area contributed by atoms with Gasteiger partial charge in [0, 0.05) is 41.8 Å². The SMILES string of the molecule is Cc1cc(NCc2cncnc2)ccc1[N+](=O)[O-]. The van der Waals surface area contributed by atoms with Crippen molar-refractivity contribution in [1.82, 2.24) is 9.97 Å². The fourth-order valence-corrected chi connectivity index (χ4v) is 1.60. The molecule has 0 aliphatic rings. The van der Waals surface area contributed by atoms with Gasteiger partial charge in [-0.3, -0.25) is 10.1 Å². The molecule has 0 aliphatic carbocycles. The van der Waals surface area contributed by atoms with Crippen molar-refractivity contribution in [2.75, 3.05) is 5.32 Å². The number of aryl methyl sites for hydroxylation is 1. The molecule has 0 amide bonds. The number of nitro groups is 1. The summed E-state index contributed by atoms with van der Waals surface area (Å²) in [6.45, 7) is 2.30. The molecule has 18 heavy (non-hydrogen) atoms. The highest BCUT2D eigenvalue weighted by Gasteiger charge is 2.09. The van der Waals surface area contributed by atoms with Gasteiger partial charge in [-0.05, 0) is 19.1 Å². The van der Waals surface area contributed by atoms with E-state index < -0.39 is 0 Å². The predicted molar refractivity (Wildman–Crippen MR) is 67.2 cm³/mol. The maximum absolute atomic E-state index is 10.7. The Morgan fingerprint density at radius 2 is 2.06 bits per heavy atom. The molecule has 0 saturated heterocycles. The fraction of sp³-hybridized carbons (Fsp3) is 0.167. The fourth-order valence-electron chi connectivity index (χ4n) is 1.60. The molecule has 2 rings (SSSR count). The second-order valence-corrected chi connectivity index (χ2v) is 3.86. The van der Waals surface area contributed by atoms with E-state index in [2.05, 4.69) is 15.3 Å². The quantitative estimate of drug-likeness (QED) is 0.659. The maximum atomic E-state index is 10.7. The average molecular weight is 244 g/mol. The Labute approximate surface area is 104 Å². The average Bonchev–Trinajstić information content (AvgIpc) is 2.37. The van der Waals surface area contributed by atoms with Crippen LogP contribution in [0.2, 0.25) is 0 Å². The normalized spacial score (nSPS) is 10.1. The standard InChI is InChI=1S/C12H12N4O2/c1-9-4-11(2-3-12(9)16(17)18)15-7-10-5-13-8-14-6-10/h2-6,8,15H,7H2,1H3. The van der Waals surface area contributed by atoms with E-state index in [1.165, 1.54) is 12.4 Å². The van der Waals surface area contributed by atoms with Gasteiger partial charge in [0.2, 0.25) is 0 Å². The van der Waals surface area contributed by atoms with Gasteiger partial charge in [-0.1, -0.05) is 0 Å². The van der Waals surface area contributed by atoms with E-state index in [0.29, 0.717) is 12.1 Å². The summed E-state index contributed by atoms with van der Waals surface area (Å²) in [5.41, 5.74) is 2.55. The van der Waals surface area contributed by atoms with Crippen LogP contribution in [0.25, 0.3) is 0 Å². The minimum Gasteiger partial charge on any atom is -0.381 e. The molecule has 1 heterocycles. The third-order valence-corrected chi connectivity index (χ3v) is 2.50. The monoisotopic (exact) mass is 244 g/mol. The van der Waals surface area contributed by atoms with E-state index in [9.17, 15) is 10.1 Å². The number of benzene rings is 1. The van der Waals surface area contributed by atoms with Crippen molar-refractivity contribution in [3.63, 3.8) is 0 Å². The highest BCUT2D eigenvalue weighted by atomic mass is 16.6. The Kier molecular flexibility index (Phi) is 3.47. The summed E-state index contributed by atoms with van der Waals surface area (Å²) in [5.74, 6) is 0. The van der Waals surface area contributed by atoms with Gasteiger partial charge in [0.25, 0.3) is 5.69 Å². The first-order valence-corrected chi connectivity index (χ1v) is 5.39. The lowest BCUT2D eigenvalue weighted by atomic mass is 10.2. The van der Waals surface area contributed by atoms with Crippen LogP contribution < -0.4 is 5.32 Å². The molecule has 0 radical (unpaired) electrons. The van der Waals surface area contributed by atoms with Crippen molar-refractivity contribution in [3.05, 3.63) is 58.2 Å². The van der Waals surface area contributed by atoms with Gasteiger partial charge in [-0.25, -0.2) is 9.97 Å². The van der Waals surface area contributed by atoms with E-state index in [1.54, 1.807) is 31.5 Å². The molecule has 1 aromatic carbocycles. The van der Waals surface area contributed by atoms with Crippen LogP contribution in [0.1, 0.15) is 11.1 Å². The third kappa shape index (κ3) is 2.79. The van der Waals surface area contributed by atoms with Crippen LogP contribution in [0.15, 0.2) is 36.9 Å². The lowest BCUT2D eigenvalue weighted by molar-refractivity contribution is -0.385. The van der Waals surface area contributed by atoms with Crippen LogP contribution in [-0.2, 0) is 6.54 Å². The molecule has 92 valence electrons. The number of aromatic nitrogens is 2. The predicted octanol–water partition coefficient (Wildman–Crippen LogP) is 2.31. The van der Waals surface area contributed by atoms with Gasteiger partial charge in [-0.15, -0.1) is 0 Å². The molecule has 0 saturated carbocycles. The van der Waals surface area contributed by atoms with Gasteiger partial charge in [-0.2, -0.15) is 0 Å². The number of nitro benzene ring substituents is 1. The zero-order chi connectivity index (χ0) is 13.0. The van der Waals surface area contributed by atoms with E-state index in [1.807, 2.05) is 0 Å². The van der Waals surface area contributed by atoms with Crippen LogP contribution in [0.3, 0.4) is 0 Å². The highest BCUT2D eigenvalue weighted by molar-refractivity contribution is 5.53. The van der Waals surface area contributed by atoms with Crippen molar-refractivity contribution in [3.8, 4) is 0 Å². The van der Waals surface area contributed by atoms with E-state index >= 15 is 0 Å². The van der Waals surface area contributed by atoms with Crippen molar-refractivity contribution in [2.24, 2.45) is 0 Å². The molecule has 2 aromatic rings. The Morgan fingerprint density at radius 3 is 2.67 bits per heavy atom. The minimum absolute atomic E-state index is 0.128. The second-order valence-electron chi connectivity index (χ2n) is 3.86. The van der Waals surface area contributed by atoms with Crippen LogP contribution in [0, 0.1) is 17.0 Å². The lowest BCUT2D eigenvalue weighted by Crippen LogP contribution is -2.01. The number of rotatable bonds is 4. The highest BCUT2D eigenvalue weighted by Crippen LogP contribution is 2.21.